The van der Waals surface area contributed by atoms with Gasteiger partial charge in [-0.05, 0) is 60.6 Å². The second kappa shape index (κ2) is 7.02. The molecule has 138 valence electrons. The molecule has 0 amide bonds. The van der Waals surface area contributed by atoms with Gasteiger partial charge in [0.15, 0.2) is 0 Å². The van der Waals surface area contributed by atoms with Gasteiger partial charge in [-0.2, -0.15) is 0 Å². The van der Waals surface area contributed by atoms with Crippen LogP contribution < -0.4 is 0 Å². The number of rotatable bonds is 8. The van der Waals surface area contributed by atoms with Crippen LogP contribution in [0, 0.1) is 0 Å². The number of aromatic nitrogens is 1. The Morgan fingerprint density at radius 3 is 2.28 bits per heavy atom. The number of hydrogen-bond donors (Lipinski definition) is 0. The highest BCUT2D eigenvalue weighted by Crippen LogP contribution is 2.47. The standard InChI is InChI=1S/C23H35NS/c1-7-12-22(4,5)17-14-18(16-10-11-16)20-19(15-17)25-21(24-20)23(6,9-3)13-8-2/h14-16H,7-13H2,1-6H3. The maximum Gasteiger partial charge on any atom is 0.0997 e. The largest absolute Gasteiger partial charge is 0.240 e. The van der Waals surface area contributed by atoms with Gasteiger partial charge < -0.3 is 0 Å². The number of hydrogen-bond acceptors (Lipinski definition) is 2. The lowest BCUT2D eigenvalue weighted by Gasteiger charge is -2.25. The van der Waals surface area contributed by atoms with Crippen LogP contribution in [0.3, 0.4) is 0 Å². The van der Waals surface area contributed by atoms with E-state index in [4.69, 9.17) is 4.98 Å². The molecule has 1 aliphatic carbocycles. The van der Waals surface area contributed by atoms with Crippen molar-refractivity contribution >= 4 is 21.6 Å². The maximum atomic E-state index is 5.22. The number of nitrogens with zero attached hydrogens (tertiary/aromatic N) is 1. The molecule has 1 unspecified atom stereocenters. The Kier molecular flexibility index (Phi) is 5.31. The molecule has 0 spiro atoms. The van der Waals surface area contributed by atoms with E-state index < -0.39 is 0 Å². The van der Waals surface area contributed by atoms with E-state index in [0.29, 0.717) is 0 Å². The Balaban J connectivity index is 2.13. The fraction of sp³-hybridized carbons (Fsp3) is 0.696. The van der Waals surface area contributed by atoms with E-state index in [0.717, 1.165) is 5.92 Å². The molecule has 2 heteroatoms. The lowest BCUT2D eigenvalue weighted by molar-refractivity contribution is 0.412. The summed E-state index contributed by atoms with van der Waals surface area (Å²) in [5.74, 6) is 0.758. The van der Waals surface area contributed by atoms with Crippen molar-refractivity contribution < 1.29 is 0 Å². The van der Waals surface area contributed by atoms with Crippen LogP contribution in [0.5, 0.6) is 0 Å². The first-order valence-electron chi connectivity index (χ1n) is 10.3. The number of fused-ring (bicyclic) bond motifs is 1. The zero-order valence-corrected chi connectivity index (χ0v) is 17.9. The normalized spacial score (nSPS) is 17.8. The van der Waals surface area contributed by atoms with Gasteiger partial charge in [0, 0.05) is 5.41 Å². The summed E-state index contributed by atoms with van der Waals surface area (Å²) in [4.78, 5) is 5.22. The Bertz CT molecular complexity index is 738. The van der Waals surface area contributed by atoms with Gasteiger partial charge in [-0.1, -0.05) is 60.5 Å². The summed E-state index contributed by atoms with van der Waals surface area (Å²) >= 11 is 1.97. The van der Waals surface area contributed by atoms with Crippen LogP contribution in [-0.4, -0.2) is 4.98 Å². The van der Waals surface area contributed by atoms with Gasteiger partial charge in [0.1, 0.15) is 0 Å². The van der Waals surface area contributed by atoms with Crippen molar-refractivity contribution in [3.63, 3.8) is 0 Å². The molecular formula is C23H35NS. The summed E-state index contributed by atoms with van der Waals surface area (Å²) in [5.41, 5.74) is 4.86. The van der Waals surface area contributed by atoms with Crippen LogP contribution >= 0.6 is 11.3 Å². The lowest BCUT2D eigenvalue weighted by atomic mass is 9.79. The molecule has 1 fully saturated rings. The van der Waals surface area contributed by atoms with Crippen molar-refractivity contribution in [2.75, 3.05) is 0 Å². The fourth-order valence-corrected chi connectivity index (χ4v) is 5.45. The predicted molar refractivity (Wildman–Crippen MR) is 112 cm³/mol. The van der Waals surface area contributed by atoms with Crippen LogP contribution in [0.2, 0.25) is 0 Å². The Labute approximate surface area is 158 Å². The third kappa shape index (κ3) is 3.65. The second-order valence-electron chi connectivity index (χ2n) is 9.00. The minimum atomic E-state index is 0.234. The van der Waals surface area contributed by atoms with Crippen molar-refractivity contribution in [2.45, 2.75) is 103 Å². The average molecular weight is 358 g/mol. The molecule has 1 aromatic carbocycles. The van der Waals surface area contributed by atoms with E-state index in [1.165, 1.54) is 71.3 Å². The van der Waals surface area contributed by atoms with Crippen LogP contribution in [0.15, 0.2) is 12.1 Å². The highest BCUT2D eigenvalue weighted by molar-refractivity contribution is 7.18. The highest BCUT2D eigenvalue weighted by Gasteiger charge is 2.32. The van der Waals surface area contributed by atoms with E-state index in [9.17, 15) is 0 Å². The van der Waals surface area contributed by atoms with Crippen molar-refractivity contribution in [3.05, 3.63) is 28.3 Å². The van der Waals surface area contributed by atoms with Gasteiger partial charge in [0.25, 0.3) is 0 Å². The van der Waals surface area contributed by atoms with Crippen LogP contribution in [0.1, 0.15) is 109 Å². The first-order valence-corrected chi connectivity index (χ1v) is 11.1. The van der Waals surface area contributed by atoms with Gasteiger partial charge in [-0.15, -0.1) is 11.3 Å². The Morgan fingerprint density at radius 1 is 1.04 bits per heavy atom. The molecule has 1 aromatic heterocycles. The van der Waals surface area contributed by atoms with E-state index in [2.05, 4.69) is 53.7 Å². The number of benzene rings is 1. The molecule has 2 aromatic rings. The third-order valence-electron chi connectivity index (χ3n) is 6.30. The van der Waals surface area contributed by atoms with Crippen molar-refractivity contribution in [2.24, 2.45) is 0 Å². The average Bonchev–Trinajstić information content (AvgIpc) is 3.31. The summed E-state index contributed by atoms with van der Waals surface area (Å²) in [6, 6.07) is 4.96. The van der Waals surface area contributed by atoms with E-state index >= 15 is 0 Å². The fourth-order valence-electron chi connectivity index (χ4n) is 4.17. The Morgan fingerprint density at radius 2 is 1.72 bits per heavy atom. The van der Waals surface area contributed by atoms with Crippen molar-refractivity contribution in [1.82, 2.24) is 4.98 Å². The number of thiazole rings is 1. The molecule has 25 heavy (non-hydrogen) atoms. The molecule has 1 nitrogen and oxygen atoms in total. The zero-order chi connectivity index (χ0) is 18.2. The molecule has 1 aliphatic rings. The highest BCUT2D eigenvalue weighted by atomic mass is 32.1. The van der Waals surface area contributed by atoms with E-state index in [1.807, 2.05) is 11.3 Å². The first-order chi connectivity index (χ1) is 11.8. The molecule has 0 bridgehead atoms. The van der Waals surface area contributed by atoms with Gasteiger partial charge in [0.2, 0.25) is 0 Å². The summed E-state index contributed by atoms with van der Waals surface area (Å²) in [6.45, 7) is 14.1. The minimum Gasteiger partial charge on any atom is -0.240 e. The summed E-state index contributed by atoms with van der Waals surface area (Å²) in [6.07, 6.45) is 8.81. The van der Waals surface area contributed by atoms with Gasteiger partial charge >= 0.3 is 0 Å². The lowest BCUT2D eigenvalue weighted by Crippen LogP contribution is -2.20. The quantitative estimate of drug-likeness (QED) is 0.471. The monoisotopic (exact) mass is 357 g/mol. The van der Waals surface area contributed by atoms with Gasteiger partial charge in [-0.25, -0.2) is 4.98 Å². The van der Waals surface area contributed by atoms with Crippen molar-refractivity contribution in [1.29, 1.82) is 0 Å². The molecule has 0 aliphatic heterocycles. The molecule has 0 N–H and O–H groups in total. The van der Waals surface area contributed by atoms with E-state index in [1.54, 1.807) is 0 Å². The summed E-state index contributed by atoms with van der Waals surface area (Å²) < 4.78 is 1.43. The smallest absolute Gasteiger partial charge is 0.0997 e. The molecule has 1 saturated carbocycles. The zero-order valence-electron chi connectivity index (χ0n) is 17.0. The van der Waals surface area contributed by atoms with E-state index in [-0.39, 0.29) is 10.8 Å². The summed E-state index contributed by atoms with van der Waals surface area (Å²) in [7, 11) is 0. The third-order valence-corrected chi connectivity index (χ3v) is 7.61. The predicted octanol–water partition coefficient (Wildman–Crippen LogP) is 7.72. The summed E-state index contributed by atoms with van der Waals surface area (Å²) in [5, 5.41) is 1.36. The van der Waals surface area contributed by atoms with Crippen LogP contribution in [-0.2, 0) is 10.8 Å². The molecular weight excluding hydrogens is 322 g/mol. The molecule has 1 heterocycles. The molecule has 1 atom stereocenters. The van der Waals surface area contributed by atoms with Gasteiger partial charge in [-0.3, -0.25) is 0 Å². The van der Waals surface area contributed by atoms with Crippen molar-refractivity contribution in [3.8, 4) is 0 Å². The molecule has 3 rings (SSSR count). The topological polar surface area (TPSA) is 12.9 Å². The van der Waals surface area contributed by atoms with Crippen LogP contribution in [0.4, 0.5) is 0 Å². The maximum absolute atomic E-state index is 5.22. The SMILES string of the molecule is CCCC(C)(C)c1cc(C2CC2)c2nc(C(C)(CC)CCC)sc2c1. The van der Waals surface area contributed by atoms with Gasteiger partial charge in [0.05, 0.1) is 15.2 Å². The van der Waals surface area contributed by atoms with Crippen LogP contribution in [0.25, 0.3) is 10.2 Å². The first kappa shape index (κ1) is 18.9. The molecule has 0 radical (unpaired) electrons. The minimum absolute atomic E-state index is 0.234. The second-order valence-corrected chi connectivity index (χ2v) is 10.0. The Hall–Kier alpha value is -0.890. The molecule has 0 saturated heterocycles.